The maximum absolute atomic E-state index is 2.29. The van der Waals surface area contributed by atoms with Crippen LogP contribution in [0.2, 0.25) is 0 Å². The maximum Gasteiger partial charge on any atom is 0.168 e. The molecule has 0 aliphatic carbocycles. The number of hydrogen-bond acceptors (Lipinski definition) is 0. The number of unbranched alkanes of at least 4 members (excludes halogenated alkanes) is 13. The van der Waals surface area contributed by atoms with E-state index in [-0.39, 0.29) is 24.8 Å². The van der Waals surface area contributed by atoms with Crippen LogP contribution in [0.1, 0.15) is 96.8 Å². The minimum Gasteiger partial charge on any atom is -1.00 e. The molecule has 1 aromatic rings. The molecular formula is C21H38Cl2N-. The molecule has 0 radical (unpaired) electrons. The Bertz CT molecular complexity index is 330. The molecule has 0 saturated heterocycles. The van der Waals surface area contributed by atoms with Gasteiger partial charge in [-0.05, 0) is 6.42 Å². The van der Waals surface area contributed by atoms with Crippen molar-refractivity contribution in [1.82, 2.24) is 0 Å². The molecule has 0 aliphatic rings. The normalized spacial score (nSPS) is 10.0. The molecule has 0 bridgehead atoms. The minimum atomic E-state index is 0. The lowest BCUT2D eigenvalue weighted by Gasteiger charge is -2.02. The highest BCUT2D eigenvalue weighted by Crippen LogP contribution is 2.12. The van der Waals surface area contributed by atoms with Gasteiger partial charge in [0.15, 0.2) is 12.4 Å². The van der Waals surface area contributed by atoms with Crippen LogP contribution in [-0.2, 0) is 6.54 Å². The Kier molecular flexibility index (Phi) is 22.5. The van der Waals surface area contributed by atoms with Gasteiger partial charge in [-0.1, -0.05) is 90.0 Å². The maximum atomic E-state index is 2.29. The molecule has 0 saturated carbocycles. The number of rotatable bonds is 15. The lowest BCUT2D eigenvalue weighted by molar-refractivity contribution is -0.697. The van der Waals surface area contributed by atoms with Crippen LogP contribution in [0.4, 0.5) is 0 Å². The molecule has 1 nitrogen and oxygen atoms in total. The second kappa shape index (κ2) is 20.8. The predicted molar refractivity (Wildman–Crippen MR) is 96.9 cm³/mol. The summed E-state index contributed by atoms with van der Waals surface area (Å²) in [6.07, 6.45) is 24.4. The molecule has 1 rings (SSSR count). The predicted octanol–water partition coefficient (Wildman–Crippen LogP) is 0.463. The Balaban J connectivity index is 0. The average molecular weight is 375 g/mol. The highest BCUT2D eigenvalue weighted by molar-refractivity contribution is 4.83. The summed E-state index contributed by atoms with van der Waals surface area (Å²) in [6, 6.07) is 6.31. The molecular weight excluding hydrogens is 337 g/mol. The fourth-order valence-corrected chi connectivity index (χ4v) is 3.07. The zero-order chi connectivity index (χ0) is 15.7. The molecule has 0 spiro atoms. The van der Waals surface area contributed by atoms with Gasteiger partial charge in [0.25, 0.3) is 0 Å². The molecule has 0 aromatic carbocycles. The van der Waals surface area contributed by atoms with E-state index in [9.17, 15) is 0 Å². The van der Waals surface area contributed by atoms with E-state index in [1.54, 1.807) is 0 Å². The van der Waals surface area contributed by atoms with Gasteiger partial charge in [0.2, 0.25) is 0 Å². The van der Waals surface area contributed by atoms with Crippen LogP contribution in [0, 0.1) is 0 Å². The number of aryl methyl sites for hydroxylation is 1. The van der Waals surface area contributed by atoms with E-state index < -0.39 is 0 Å². The summed E-state index contributed by atoms with van der Waals surface area (Å²) in [4.78, 5) is 0. The largest absolute Gasteiger partial charge is 1.00 e. The molecule has 1 aromatic heterocycles. The Morgan fingerprint density at radius 2 is 0.875 bits per heavy atom. The van der Waals surface area contributed by atoms with E-state index >= 15 is 0 Å². The van der Waals surface area contributed by atoms with Crippen LogP contribution < -0.4 is 29.4 Å². The van der Waals surface area contributed by atoms with Gasteiger partial charge in [-0.15, -0.1) is 0 Å². The van der Waals surface area contributed by atoms with E-state index in [4.69, 9.17) is 0 Å². The summed E-state index contributed by atoms with van der Waals surface area (Å²) in [5, 5.41) is 0. The van der Waals surface area contributed by atoms with E-state index in [0.29, 0.717) is 0 Å². The van der Waals surface area contributed by atoms with E-state index in [0.717, 1.165) is 0 Å². The second-order valence-electron chi connectivity index (χ2n) is 6.71. The summed E-state index contributed by atoms with van der Waals surface area (Å²) < 4.78 is 2.29. The van der Waals surface area contributed by atoms with Crippen LogP contribution >= 0.6 is 0 Å². The molecule has 0 N–H and O–H groups in total. The van der Waals surface area contributed by atoms with Crippen molar-refractivity contribution in [1.29, 1.82) is 0 Å². The lowest BCUT2D eigenvalue weighted by atomic mass is 10.0. The standard InChI is InChI=1S/C21H38N.2ClH/c1-2-3-4-5-6-7-8-9-10-11-12-13-14-16-19-22-20-17-15-18-21-22;;/h15,17-18,20-21H,2-14,16,19H2,1H3;2*1H/q+1;;/p-2. The molecule has 0 unspecified atom stereocenters. The van der Waals surface area contributed by atoms with Crippen molar-refractivity contribution in [2.24, 2.45) is 0 Å². The number of pyridine rings is 1. The summed E-state index contributed by atoms with van der Waals surface area (Å²) in [5.74, 6) is 0. The van der Waals surface area contributed by atoms with Crippen molar-refractivity contribution in [2.75, 3.05) is 0 Å². The van der Waals surface area contributed by atoms with Crippen molar-refractivity contribution in [3.8, 4) is 0 Å². The summed E-state index contributed by atoms with van der Waals surface area (Å²) in [5.41, 5.74) is 0. The van der Waals surface area contributed by atoms with Gasteiger partial charge in [-0.25, -0.2) is 4.57 Å². The van der Waals surface area contributed by atoms with Crippen molar-refractivity contribution in [3.63, 3.8) is 0 Å². The first-order valence-corrected chi connectivity index (χ1v) is 9.87. The van der Waals surface area contributed by atoms with Crippen molar-refractivity contribution in [3.05, 3.63) is 30.6 Å². The zero-order valence-corrected chi connectivity index (χ0v) is 17.2. The molecule has 1 heterocycles. The van der Waals surface area contributed by atoms with E-state index in [1.807, 2.05) is 0 Å². The molecule has 3 heteroatoms. The quantitative estimate of drug-likeness (QED) is 0.310. The SMILES string of the molecule is CCCCCCCCCCCCCCCC[n+]1ccccc1.[Cl-].[Cl-]. The summed E-state index contributed by atoms with van der Waals surface area (Å²) in [6.45, 7) is 3.47. The van der Waals surface area contributed by atoms with Gasteiger partial charge in [-0.3, -0.25) is 0 Å². The number of aromatic nitrogens is 1. The number of halogens is 2. The first kappa shape index (κ1) is 26.0. The fourth-order valence-electron chi connectivity index (χ4n) is 3.07. The third-order valence-electron chi connectivity index (χ3n) is 4.55. The monoisotopic (exact) mass is 374 g/mol. The third-order valence-corrected chi connectivity index (χ3v) is 4.55. The first-order chi connectivity index (χ1) is 10.9. The smallest absolute Gasteiger partial charge is 0.168 e. The molecule has 0 atom stereocenters. The zero-order valence-electron chi connectivity index (χ0n) is 15.7. The van der Waals surface area contributed by atoms with E-state index in [2.05, 4.69) is 42.1 Å². The van der Waals surface area contributed by atoms with Crippen LogP contribution in [0.15, 0.2) is 30.6 Å². The molecule has 24 heavy (non-hydrogen) atoms. The Morgan fingerprint density at radius 3 is 1.29 bits per heavy atom. The highest BCUT2D eigenvalue weighted by atomic mass is 35.5. The van der Waals surface area contributed by atoms with Gasteiger partial charge in [-0.2, -0.15) is 0 Å². The topological polar surface area (TPSA) is 3.88 Å². The van der Waals surface area contributed by atoms with Crippen molar-refractivity contribution < 1.29 is 29.4 Å². The number of nitrogens with zero attached hydrogens (tertiary/aromatic N) is 1. The van der Waals surface area contributed by atoms with Gasteiger partial charge in [0, 0.05) is 18.6 Å². The Hall–Kier alpha value is -0.270. The molecule has 0 aliphatic heterocycles. The Morgan fingerprint density at radius 1 is 0.500 bits per heavy atom. The van der Waals surface area contributed by atoms with Crippen LogP contribution in [0.3, 0.4) is 0 Å². The Labute approximate surface area is 163 Å². The molecule has 142 valence electrons. The van der Waals surface area contributed by atoms with Crippen LogP contribution in [-0.4, -0.2) is 0 Å². The van der Waals surface area contributed by atoms with Gasteiger partial charge in [0.05, 0.1) is 0 Å². The van der Waals surface area contributed by atoms with Crippen LogP contribution in [0.5, 0.6) is 0 Å². The number of hydrogen-bond donors (Lipinski definition) is 0. The van der Waals surface area contributed by atoms with Crippen molar-refractivity contribution in [2.45, 2.75) is 103 Å². The second-order valence-corrected chi connectivity index (χ2v) is 6.71. The first-order valence-electron chi connectivity index (χ1n) is 9.87. The van der Waals surface area contributed by atoms with E-state index in [1.165, 1.54) is 96.4 Å². The van der Waals surface area contributed by atoms with Gasteiger partial charge < -0.3 is 24.8 Å². The summed E-state index contributed by atoms with van der Waals surface area (Å²) >= 11 is 0. The lowest BCUT2D eigenvalue weighted by Crippen LogP contribution is -3.00. The fraction of sp³-hybridized carbons (Fsp3) is 0.762. The molecule has 0 fully saturated rings. The van der Waals surface area contributed by atoms with Gasteiger partial charge >= 0.3 is 0 Å². The van der Waals surface area contributed by atoms with Crippen molar-refractivity contribution >= 4 is 0 Å². The third kappa shape index (κ3) is 16.6. The van der Waals surface area contributed by atoms with Gasteiger partial charge in [0.1, 0.15) is 6.54 Å². The molecule has 0 amide bonds. The summed E-state index contributed by atoms with van der Waals surface area (Å²) in [7, 11) is 0. The minimum absolute atomic E-state index is 0. The average Bonchev–Trinajstić information content (AvgIpc) is 2.56. The van der Waals surface area contributed by atoms with Crippen LogP contribution in [0.25, 0.3) is 0 Å². The highest BCUT2D eigenvalue weighted by Gasteiger charge is 1.98.